The number of ether oxygens (including phenoxy) is 3. The molecule has 0 unspecified atom stereocenters. The van der Waals surface area contributed by atoms with E-state index >= 15 is 0 Å². The van der Waals surface area contributed by atoms with Crippen LogP contribution in [0.1, 0.15) is 6.92 Å². The maximum absolute atomic E-state index is 12.4. The highest BCUT2D eigenvalue weighted by Crippen LogP contribution is 2.18. The number of amides is 1. The largest absolute Gasteiger partial charge is 0.491 e. The van der Waals surface area contributed by atoms with Crippen LogP contribution in [-0.4, -0.2) is 87.4 Å². The summed E-state index contributed by atoms with van der Waals surface area (Å²) in [4.78, 5) is 17.1. The number of likely N-dealkylation sites (N-methyl/N-ethyl adjacent to an activating group) is 1. The number of carbonyl (C=O) groups excluding carboxylic acids is 1. The fourth-order valence-corrected chi connectivity index (χ4v) is 3.16. The zero-order valence-corrected chi connectivity index (χ0v) is 13.3. The molecule has 0 aromatic carbocycles. The zero-order chi connectivity index (χ0) is 15.5. The molecule has 3 aliphatic rings. The fourth-order valence-electron chi connectivity index (χ4n) is 3.16. The molecule has 0 spiro atoms. The highest BCUT2D eigenvalue weighted by atomic mass is 16.6. The van der Waals surface area contributed by atoms with E-state index in [-0.39, 0.29) is 18.0 Å². The van der Waals surface area contributed by atoms with Crippen LogP contribution < -0.4 is 5.32 Å². The number of hydrogen-bond acceptors (Lipinski definition) is 6. The normalized spacial score (nSPS) is 30.8. The van der Waals surface area contributed by atoms with Gasteiger partial charge < -0.3 is 24.4 Å². The van der Waals surface area contributed by atoms with E-state index in [1.165, 1.54) is 0 Å². The van der Waals surface area contributed by atoms with E-state index in [1.807, 2.05) is 0 Å². The molecule has 2 fully saturated rings. The molecule has 2 atom stereocenters. The average molecular weight is 311 g/mol. The predicted octanol–water partition coefficient (Wildman–Crippen LogP) is -0.604. The molecule has 7 heteroatoms. The first-order valence-corrected chi connectivity index (χ1v) is 7.93. The Morgan fingerprint density at radius 3 is 2.59 bits per heavy atom. The Labute approximate surface area is 131 Å². The van der Waals surface area contributed by atoms with Crippen LogP contribution in [0.5, 0.6) is 0 Å². The number of nitrogens with zero attached hydrogens (tertiary/aromatic N) is 2. The number of carbonyl (C=O) groups is 1. The third kappa shape index (κ3) is 3.37. The number of rotatable bonds is 3. The Bertz CT molecular complexity index is 446. The van der Waals surface area contributed by atoms with Crippen molar-refractivity contribution >= 4 is 5.91 Å². The molecule has 7 nitrogen and oxygen atoms in total. The van der Waals surface area contributed by atoms with Crippen LogP contribution in [0.15, 0.2) is 11.5 Å². The molecule has 124 valence electrons. The van der Waals surface area contributed by atoms with Crippen molar-refractivity contribution in [3.8, 4) is 0 Å². The SMILES string of the molecule is CC1=C(C(=O)N[C@H]2COC[C@@H]2N2CCN(C)CC2)OCCO1. The van der Waals surface area contributed by atoms with E-state index in [0.717, 1.165) is 26.2 Å². The number of nitrogens with one attached hydrogen (secondary N) is 1. The summed E-state index contributed by atoms with van der Waals surface area (Å²) >= 11 is 0. The van der Waals surface area contributed by atoms with Crippen molar-refractivity contribution in [2.24, 2.45) is 0 Å². The Morgan fingerprint density at radius 1 is 1.14 bits per heavy atom. The summed E-state index contributed by atoms with van der Waals surface area (Å²) in [5, 5.41) is 3.06. The monoisotopic (exact) mass is 311 g/mol. The number of hydrogen-bond donors (Lipinski definition) is 1. The predicted molar refractivity (Wildman–Crippen MR) is 80.2 cm³/mol. The Hall–Kier alpha value is -1.31. The maximum atomic E-state index is 12.4. The fraction of sp³-hybridized carbons (Fsp3) is 0.800. The van der Waals surface area contributed by atoms with Gasteiger partial charge in [0.1, 0.15) is 19.0 Å². The second-order valence-electron chi connectivity index (χ2n) is 6.11. The first-order valence-electron chi connectivity index (χ1n) is 7.93. The maximum Gasteiger partial charge on any atom is 0.290 e. The molecule has 0 aromatic heterocycles. The van der Waals surface area contributed by atoms with Gasteiger partial charge in [0.15, 0.2) is 0 Å². The minimum absolute atomic E-state index is 0.00160. The van der Waals surface area contributed by atoms with Crippen LogP contribution >= 0.6 is 0 Å². The van der Waals surface area contributed by atoms with Crippen LogP contribution in [0, 0.1) is 0 Å². The Kier molecular flexibility index (Phi) is 4.85. The molecule has 0 bridgehead atoms. The van der Waals surface area contributed by atoms with Crippen LogP contribution in [0.3, 0.4) is 0 Å². The third-order valence-electron chi connectivity index (χ3n) is 4.55. The molecular formula is C15H25N3O4. The number of allylic oxidation sites excluding steroid dienone is 1. The van der Waals surface area contributed by atoms with Crippen molar-refractivity contribution in [1.29, 1.82) is 0 Å². The van der Waals surface area contributed by atoms with Gasteiger partial charge in [-0.05, 0) is 14.0 Å². The van der Waals surface area contributed by atoms with Gasteiger partial charge in [0, 0.05) is 26.2 Å². The Balaban J connectivity index is 1.60. The molecule has 1 amide bonds. The molecule has 3 aliphatic heterocycles. The molecule has 3 heterocycles. The van der Waals surface area contributed by atoms with E-state index in [0.29, 0.717) is 37.9 Å². The molecule has 0 aliphatic carbocycles. The van der Waals surface area contributed by atoms with Gasteiger partial charge in [0.2, 0.25) is 5.76 Å². The molecule has 2 saturated heterocycles. The molecule has 0 saturated carbocycles. The number of piperazine rings is 1. The molecule has 1 N–H and O–H groups in total. The average Bonchev–Trinajstić information content (AvgIpc) is 2.96. The minimum Gasteiger partial charge on any atom is -0.491 e. The minimum atomic E-state index is -0.202. The lowest BCUT2D eigenvalue weighted by atomic mass is 10.1. The van der Waals surface area contributed by atoms with Gasteiger partial charge in [-0.15, -0.1) is 0 Å². The van der Waals surface area contributed by atoms with Crippen molar-refractivity contribution in [2.75, 3.05) is 59.7 Å². The summed E-state index contributed by atoms with van der Waals surface area (Å²) < 4.78 is 16.4. The summed E-state index contributed by atoms with van der Waals surface area (Å²) in [6.45, 7) is 8.03. The first-order chi connectivity index (χ1) is 10.6. The smallest absolute Gasteiger partial charge is 0.290 e. The lowest BCUT2D eigenvalue weighted by Crippen LogP contribution is -2.56. The van der Waals surface area contributed by atoms with Gasteiger partial charge in [-0.1, -0.05) is 0 Å². The van der Waals surface area contributed by atoms with E-state index in [4.69, 9.17) is 14.2 Å². The summed E-state index contributed by atoms with van der Waals surface area (Å²) in [6.07, 6.45) is 0. The van der Waals surface area contributed by atoms with Gasteiger partial charge in [-0.3, -0.25) is 9.69 Å². The lowest BCUT2D eigenvalue weighted by Gasteiger charge is -2.38. The van der Waals surface area contributed by atoms with E-state index < -0.39 is 0 Å². The van der Waals surface area contributed by atoms with Crippen LogP contribution in [0.25, 0.3) is 0 Å². The highest BCUT2D eigenvalue weighted by molar-refractivity contribution is 5.92. The van der Waals surface area contributed by atoms with Crippen molar-refractivity contribution in [2.45, 2.75) is 19.0 Å². The van der Waals surface area contributed by atoms with Crippen molar-refractivity contribution in [3.63, 3.8) is 0 Å². The first kappa shape index (κ1) is 15.6. The molecule has 0 radical (unpaired) electrons. The van der Waals surface area contributed by atoms with E-state index in [9.17, 15) is 4.79 Å². The van der Waals surface area contributed by atoms with Gasteiger partial charge >= 0.3 is 0 Å². The molecule has 22 heavy (non-hydrogen) atoms. The third-order valence-corrected chi connectivity index (χ3v) is 4.55. The van der Waals surface area contributed by atoms with E-state index in [1.54, 1.807) is 6.92 Å². The van der Waals surface area contributed by atoms with Gasteiger partial charge in [0.25, 0.3) is 5.91 Å². The summed E-state index contributed by atoms with van der Waals surface area (Å²) in [5.74, 6) is 0.654. The van der Waals surface area contributed by atoms with Crippen molar-refractivity contribution in [3.05, 3.63) is 11.5 Å². The topological polar surface area (TPSA) is 63.3 Å². The van der Waals surface area contributed by atoms with Gasteiger partial charge in [0.05, 0.1) is 25.3 Å². The van der Waals surface area contributed by atoms with Gasteiger partial charge in [-0.2, -0.15) is 0 Å². The van der Waals surface area contributed by atoms with Gasteiger partial charge in [-0.25, -0.2) is 0 Å². The second kappa shape index (κ2) is 6.85. The summed E-state index contributed by atoms with van der Waals surface area (Å²) in [5.41, 5.74) is 0. The summed E-state index contributed by atoms with van der Waals surface area (Å²) in [7, 11) is 2.14. The quantitative estimate of drug-likeness (QED) is 0.751. The molecular weight excluding hydrogens is 286 g/mol. The second-order valence-corrected chi connectivity index (χ2v) is 6.11. The molecule has 0 aromatic rings. The molecule has 3 rings (SSSR count). The highest BCUT2D eigenvalue weighted by Gasteiger charge is 2.36. The summed E-state index contributed by atoms with van der Waals surface area (Å²) in [6, 6.07) is 0.241. The van der Waals surface area contributed by atoms with Crippen LogP contribution in [0.4, 0.5) is 0 Å². The lowest BCUT2D eigenvalue weighted by molar-refractivity contribution is -0.123. The standard InChI is InChI=1S/C15H25N3O4/c1-11-14(22-8-7-21-11)15(19)16-12-9-20-10-13(12)18-5-3-17(2)4-6-18/h12-13H,3-10H2,1-2H3,(H,16,19)/t12-,13-/m0/s1. The van der Waals surface area contributed by atoms with Crippen LogP contribution in [-0.2, 0) is 19.0 Å². The zero-order valence-electron chi connectivity index (χ0n) is 13.3. The van der Waals surface area contributed by atoms with Crippen molar-refractivity contribution < 1.29 is 19.0 Å². The Morgan fingerprint density at radius 2 is 1.86 bits per heavy atom. The van der Waals surface area contributed by atoms with E-state index in [2.05, 4.69) is 22.2 Å². The van der Waals surface area contributed by atoms with Crippen LogP contribution in [0.2, 0.25) is 0 Å². The van der Waals surface area contributed by atoms with Crippen molar-refractivity contribution in [1.82, 2.24) is 15.1 Å².